The molecule has 108 valence electrons. The van der Waals surface area contributed by atoms with Gasteiger partial charge in [0.25, 0.3) is 5.69 Å². The van der Waals surface area contributed by atoms with E-state index in [0.717, 1.165) is 25.2 Å². The molecule has 2 unspecified atom stereocenters. The summed E-state index contributed by atoms with van der Waals surface area (Å²) in [6.45, 7) is 6.07. The van der Waals surface area contributed by atoms with Crippen LogP contribution in [0.4, 0.5) is 11.4 Å². The number of hydrogen-bond acceptors (Lipinski definition) is 4. The predicted molar refractivity (Wildman–Crippen MR) is 75.2 cm³/mol. The second kappa shape index (κ2) is 5.48. The number of carboxylic acids is 1. The van der Waals surface area contributed by atoms with Gasteiger partial charge in [-0.25, -0.2) is 4.79 Å². The van der Waals surface area contributed by atoms with Gasteiger partial charge in [0.05, 0.1) is 4.92 Å². The smallest absolute Gasteiger partial charge is 0.342 e. The molecule has 6 heteroatoms. The molecule has 1 aromatic rings. The van der Waals surface area contributed by atoms with E-state index in [4.69, 9.17) is 5.11 Å². The Labute approximate surface area is 117 Å². The zero-order valence-corrected chi connectivity index (χ0v) is 11.6. The van der Waals surface area contributed by atoms with Crippen molar-refractivity contribution in [1.82, 2.24) is 0 Å². The summed E-state index contributed by atoms with van der Waals surface area (Å²) >= 11 is 0. The van der Waals surface area contributed by atoms with Crippen molar-refractivity contribution in [3.8, 4) is 0 Å². The zero-order valence-electron chi connectivity index (χ0n) is 11.6. The Balaban J connectivity index is 2.32. The van der Waals surface area contributed by atoms with Crippen LogP contribution in [0.25, 0.3) is 0 Å². The van der Waals surface area contributed by atoms with Crippen LogP contribution in [-0.4, -0.2) is 29.1 Å². The van der Waals surface area contributed by atoms with Crippen molar-refractivity contribution in [2.24, 2.45) is 11.8 Å². The van der Waals surface area contributed by atoms with Crippen molar-refractivity contribution < 1.29 is 14.8 Å². The second-order valence-electron chi connectivity index (χ2n) is 5.45. The van der Waals surface area contributed by atoms with Crippen LogP contribution in [-0.2, 0) is 0 Å². The lowest BCUT2D eigenvalue weighted by Gasteiger charge is -2.36. The largest absolute Gasteiger partial charge is 0.477 e. The van der Waals surface area contributed by atoms with Crippen molar-refractivity contribution in [2.75, 3.05) is 18.0 Å². The highest BCUT2D eigenvalue weighted by molar-refractivity contribution is 5.93. The topological polar surface area (TPSA) is 83.7 Å². The number of carbonyl (C=O) groups is 1. The van der Waals surface area contributed by atoms with Crippen LogP contribution in [0.5, 0.6) is 0 Å². The number of aromatic carboxylic acids is 1. The summed E-state index contributed by atoms with van der Waals surface area (Å²) in [6, 6.07) is 4.32. The normalized spacial score (nSPS) is 22.6. The quantitative estimate of drug-likeness (QED) is 0.679. The first-order valence-corrected chi connectivity index (χ1v) is 6.67. The summed E-state index contributed by atoms with van der Waals surface area (Å²) < 4.78 is 0. The highest BCUT2D eigenvalue weighted by Gasteiger charge is 2.26. The summed E-state index contributed by atoms with van der Waals surface area (Å²) in [6.07, 6.45) is 1.04. The minimum atomic E-state index is -1.27. The molecule has 1 aromatic carbocycles. The average molecular weight is 278 g/mol. The molecule has 6 nitrogen and oxygen atoms in total. The van der Waals surface area contributed by atoms with Gasteiger partial charge in [0.1, 0.15) is 5.56 Å². The average Bonchev–Trinajstić information content (AvgIpc) is 2.41. The van der Waals surface area contributed by atoms with Gasteiger partial charge in [-0.2, -0.15) is 0 Å². The van der Waals surface area contributed by atoms with Crippen LogP contribution in [0.2, 0.25) is 0 Å². The fourth-order valence-electron chi connectivity index (χ4n) is 2.55. The van der Waals surface area contributed by atoms with E-state index in [2.05, 4.69) is 18.7 Å². The Morgan fingerprint density at radius 2 is 2.10 bits per heavy atom. The molecule has 1 saturated heterocycles. The molecule has 2 rings (SSSR count). The van der Waals surface area contributed by atoms with E-state index in [1.807, 2.05) is 0 Å². The number of carboxylic acid groups (broad SMARTS) is 1. The van der Waals surface area contributed by atoms with Gasteiger partial charge in [-0.1, -0.05) is 13.8 Å². The monoisotopic (exact) mass is 278 g/mol. The van der Waals surface area contributed by atoms with Crippen LogP contribution < -0.4 is 4.90 Å². The maximum absolute atomic E-state index is 11.2. The van der Waals surface area contributed by atoms with Gasteiger partial charge in [0.15, 0.2) is 0 Å². The van der Waals surface area contributed by atoms with E-state index in [1.54, 1.807) is 6.07 Å². The van der Waals surface area contributed by atoms with Crippen LogP contribution in [0, 0.1) is 22.0 Å². The number of nitro groups is 1. The minimum absolute atomic E-state index is 0.251. The zero-order chi connectivity index (χ0) is 14.9. The van der Waals surface area contributed by atoms with Crippen molar-refractivity contribution in [3.63, 3.8) is 0 Å². The molecule has 0 bridgehead atoms. The lowest BCUT2D eigenvalue weighted by molar-refractivity contribution is -0.385. The van der Waals surface area contributed by atoms with Gasteiger partial charge in [-0.15, -0.1) is 0 Å². The van der Waals surface area contributed by atoms with E-state index in [1.165, 1.54) is 12.1 Å². The first-order valence-electron chi connectivity index (χ1n) is 6.67. The molecule has 0 radical (unpaired) electrons. The molecule has 20 heavy (non-hydrogen) atoms. The van der Waals surface area contributed by atoms with Gasteiger partial charge in [-0.3, -0.25) is 10.1 Å². The summed E-state index contributed by atoms with van der Waals surface area (Å²) in [5.41, 5.74) is 0.130. The molecule has 0 amide bonds. The number of piperidine rings is 1. The van der Waals surface area contributed by atoms with Crippen LogP contribution >= 0.6 is 0 Å². The highest BCUT2D eigenvalue weighted by atomic mass is 16.6. The molecular formula is C14H18N2O4. The summed E-state index contributed by atoms with van der Waals surface area (Å²) in [5, 5.41) is 19.9. The van der Waals surface area contributed by atoms with E-state index in [0.29, 0.717) is 11.8 Å². The van der Waals surface area contributed by atoms with E-state index >= 15 is 0 Å². The molecule has 2 atom stereocenters. The number of anilines is 1. The Bertz CT molecular complexity index is 544. The Hall–Kier alpha value is -2.11. The standard InChI is InChI=1S/C14H18N2O4/c1-9-5-6-15(8-10(9)2)11-3-4-13(16(19)20)12(7-11)14(17)18/h3-4,7,9-10H,5-6,8H2,1-2H3,(H,17,18). The maximum Gasteiger partial charge on any atom is 0.342 e. The number of benzene rings is 1. The number of nitro benzene ring substituents is 1. The molecule has 0 saturated carbocycles. The number of rotatable bonds is 3. The predicted octanol–water partition coefficient (Wildman–Crippen LogP) is 2.78. The molecular weight excluding hydrogens is 260 g/mol. The van der Waals surface area contributed by atoms with E-state index < -0.39 is 10.9 Å². The molecule has 1 aliphatic rings. The first-order chi connectivity index (χ1) is 9.40. The SMILES string of the molecule is CC1CCN(c2ccc([N+](=O)[O-])c(C(=O)O)c2)CC1C. The van der Waals surface area contributed by atoms with Crippen LogP contribution in [0.3, 0.4) is 0 Å². The molecule has 0 spiro atoms. The Morgan fingerprint density at radius 3 is 2.65 bits per heavy atom. The van der Waals surface area contributed by atoms with Crippen LogP contribution in [0.1, 0.15) is 30.6 Å². The maximum atomic E-state index is 11.2. The number of nitrogens with zero attached hydrogens (tertiary/aromatic N) is 2. The Morgan fingerprint density at radius 1 is 1.40 bits per heavy atom. The number of hydrogen-bond donors (Lipinski definition) is 1. The van der Waals surface area contributed by atoms with Crippen molar-refractivity contribution in [2.45, 2.75) is 20.3 Å². The summed E-state index contributed by atoms with van der Waals surface area (Å²) in [5.74, 6) is -0.104. The lowest BCUT2D eigenvalue weighted by atomic mass is 9.88. The third-order valence-corrected chi connectivity index (χ3v) is 4.11. The van der Waals surface area contributed by atoms with Crippen molar-refractivity contribution in [1.29, 1.82) is 0 Å². The van der Waals surface area contributed by atoms with Crippen LogP contribution in [0.15, 0.2) is 18.2 Å². The fraction of sp³-hybridized carbons (Fsp3) is 0.500. The molecule has 1 aliphatic heterocycles. The lowest BCUT2D eigenvalue weighted by Crippen LogP contribution is -2.38. The molecule has 1 fully saturated rings. The summed E-state index contributed by atoms with van der Waals surface area (Å²) in [4.78, 5) is 23.4. The highest BCUT2D eigenvalue weighted by Crippen LogP contribution is 2.30. The van der Waals surface area contributed by atoms with Gasteiger partial charge in [0.2, 0.25) is 0 Å². The molecule has 1 heterocycles. The third kappa shape index (κ3) is 2.74. The third-order valence-electron chi connectivity index (χ3n) is 4.11. The second-order valence-corrected chi connectivity index (χ2v) is 5.45. The van der Waals surface area contributed by atoms with Crippen molar-refractivity contribution >= 4 is 17.3 Å². The van der Waals surface area contributed by atoms with Gasteiger partial charge >= 0.3 is 5.97 Å². The fourth-order valence-corrected chi connectivity index (χ4v) is 2.55. The summed E-state index contributed by atoms with van der Waals surface area (Å²) in [7, 11) is 0. The molecule has 0 aromatic heterocycles. The van der Waals surface area contributed by atoms with Gasteiger partial charge in [0, 0.05) is 24.8 Å². The van der Waals surface area contributed by atoms with Gasteiger partial charge in [-0.05, 0) is 30.4 Å². The van der Waals surface area contributed by atoms with E-state index in [9.17, 15) is 14.9 Å². The van der Waals surface area contributed by atoms with Crippen molar-refractivity contribution in [3.05, 3.63) is 33.9 Å². The minimum Gasteiger partial charge on any atom is -0.477 e. The van der Waals surface area contributed by atoms with Gasteiger partial charge < -0.3 is 10.0 Å². The molecule has 1 N–H and O–H groups in total. The first kappa shape index (κ1) is 14.3. The Kier molecular flexibility index (Phi) is 3.92. The molecule has 0 aliphatic carbocycles. The van der Waals surface area contributed by atoms with E-state index in [-0.39, 0.29) is 11.3 Å².